The second kappa shape index (κ2) is 5.01. The van der Waals surface area contributed by atoms with Gasteiger partial charge in [-0.15, -0.1) is 0 Å². The number of hydrogen-bond donors (Lipinski definition) is 1. The summed E-state index contributed by atoms with van der Waals surface area (Å²) in [7, 11) is -3.44. The first-order valence-corrected chi connectivity index (χ1v) is 8.25. The predicted molar refractivity (Wildman–Crippen MR) is 74.5 cm³/mol. The molecule has 0 bridgehead atoms. The fraction of sp³-hybridized carbons (Fsp3) is 0.364. The van der Waals surface area contributed by atoms with Gasteiger partial charge in [-0.05, 0) is 21.8 Å². The van der Waals surface area contributed by atoms with E-state index in [1.165, 1.54) is 6.20 Å². The Bertz CT molecular complexity index is 709. The van der Waals surface area contributed by atoms with E-state index in [2.05, 4.69) is 36.1 Å². The summed E-state index contributed by atoms with van der Waals surface area (Å²) in [5.41, 5.74) is 2.20. The Morgan fingerprint density at radius 2 is 2.00 bits per heavy atom. The topological polar surface area (TPSA) is 88.6 Å². The van der Waals surface area contributed by atoms with Crippen molar-refractivity contribution in [2.24, 2.45) is 0 Å². The van der Waals surface area contributed by atoms with Gasteiger partial charge in [0.1, 0.15) is 0 Å². The highest BCUT2D eigenvalue weighted by Crippen LogP contribution is 2.31. The van der Waals surface area contributed by atoms with E-state index >= 15 is 0 Å². The first-order chi connectivity index (χ1) is 8.80. The summed E-state index contributed by atoms with van der Waals surface area (Å²) in [4.78, 5) is 7.94. The van der Waals surface area contributed by atoms with Gasteiger partial charge in [-0.3, -0.25) is 5.10 Å². The standard InChI is InChI=1S/C11H13BrN4O2S/c1-6(2)9-7(4-14-16-9)10-8(12)5-13-11(15-10)19(3,17)18/h4-6H,1-3H3,(H,14,16). The molecule has 0 aliphatic carbocycles. The van der Waals surface area contributed by atoms with Crippen LogP contribution in [0.1, 0.15) is 25.5 Å². The minimum atomic E-state index is -3.44. The molecule has 2 rings (SSSR count). The maximum absolute atomic E-state index is 11.5. The van der Waals surface area contributed by atoms with Gasteiger partial charge in [-0.25, -0.2) is 18.4 Å². The molecule has 0 aliphatic rings. The van der Waals surface area contributed by atoms with Crippen LogP contribution in [0.25, 0.3) is 11.3 Å². The molecule has 0 saturated heterocycles. The lowest BCUT2D eigenvalue weighted by Gasteiger charge is -2.08. The van der Waals surface area contributed by atoms with Gasteiger partial charge in [0.2, 0.25) is 15.0 Å². The van der Waals surface area contributed by atoms with Crippen LogP contribution in [-0.4, -0.2) is 34.8 Å². The summed E-state index contributed by atoms with van der Waals surface area (Å²) in [5, 5.41) is 6.71. The van der Waals surface area contributed by atoms with Crippen LogP contribution >= 0.6 is 15.9 Å². The number of aromatic nitrogens is 4. The smallest absolute Gasteiger partial charge is 0.247 e. The Labute approximate surface area is 119 Å². The second-order valence-electron chi connectivity index (χ2n) is 4.47. The van der Waals surface area contributed by atoms with Crippen molar-refractivity contribution in [1.29, 1.82) is 0 Å². The molecule has 2 aromatic heterocycles. The molecule has 8 heteroatoms. The van der Waals surface area contributed by atoms with Gasteiger partial charge in [0.15, 0.2) is 0 Å². The molecule has 1 N–H and O–H groups in total. The lowest BCUT2D eigenvalue weighted by Crippen LogP contribution is -2.05. The zero-order valence-corrected chi connectivity index (χ0v) is 13.1. The Morgan fingerprint density at radius 1 is 1.32 bits per heavy atom. The number of nitrogens with one attached hydrogen (secondary N) is 1. The van der Waals surface area contributed by atoms with Crippen molar-refractivity contribution < 1.29 is 8.42 Å². The molecule has 0 fully saturated rings. The van der Waals surface area contributed by atoms with Crippen LogP contribution in [0.15, 0.2) is 22.0 Å². The Balaban J connectivity index is 2.65. The zero-order valence-electron chi connectivity index (χ0n) is 10.7. The summed E-state index contributed by atoms with van der Waals surface area (Å²) in [6.45, 7) is 4.03. The van der Waals surface area contributed by atoms with Crippen LogP contribution in [0.3, 0.4) is 0 Å². The molecule has 0 unspecified atom stereocenters. The highest BCUT2D eigenvalue weighted by Gasteiger charge is 2.19. The van der Waals surface area contributed by atoms with Gasteiger partial charge in [-0.2, -0.15) is 5.10 Å². The van der Waals surface area contributed by atoms with Crippen LogP contribution in [-0.2, 0) is 9.84 Å². The van der Waals surface area contributed by atoms with E-state index in [1.807, 2.05) is 13.8 Å². The minimum Gasteiger partial charge on any atom is -0.282 e. The third kappa shape index (κ3) is 2.84. The van der Waals surface area contributed by atoms with Crippen molar-refractivity contribution in [3.05, 3.63) is 22.6 Å². The minimum absolute atomic E-state index is 0.193. The monoisotopic (exact) mass is 344 g/mol. The molecule has 0 saturated carbocycles. The van der Waals surface area contributed by atoms with Gasteiger partial charge in [0.25, 0.3) is 0 Å². The van der Waals surface area contributed by atoms with Crippen molar-refractivity contribution in [1.82, 2.24) is 20.2 Å². The van der Waals surface area contributed by atoms with E-state index in [4.69, 9.17) is 0 Å². The first kappa shape index (κ1) is 14.1. The lowest BCUT2D eigenvalue weighted by molar-refractivity contribution is 0.593. The van der Waals surface area contributed by atoms with E-state index in [9.17, 15) is 8.42 Å². The van der Waals surface area contributed by atoms with Crippen molar-refractivity contribution in [3.8, 4) is 11.3 Å². The van der Waals surface area contributed by atoms with Crippen LogP contribution < -0.4 is 0 Å². The molecule has 0 amide bonds. The van der Waals surface area contributed by atoms with Gasteiger partial charge in [0.05, 0.1) is 16.4 Å². The Morgan fingerprint density at radius 3 is 2.58 bits per heavy atom. The largest absolute Gasteiger partial charge is 0.282 e. The first-order valence-electron chi connectivity index (χ1n) is 5.57. The average Bonchev–Trinajstić information content (AvgIpc) is 2.76. The van der Waals surface area contributed by atoms with Gasteiger partial charge in [-0.1, -0.05) is 13.8 Å². The third-order valence-electron chi connectivity index (χ3n) is 2.55. The number of aromatic amines is 1. The summed E-state index contributed by atoms with van der Waals surface area (Å²) < 4.78 is 23.7. The molecule has 102 valence electrons. The fourth-order valence-corrected chi connectivity index (χ4v) is 2.55. The predicted octanol–water partition coefficient (Wildman–Crippen LogP) is 2.16. The van der Waals surface area contributed by atoms with E-state index < -0.39 is 9.84 Å². The Kier molecular flexibility index (Phi) is 3.73. The summed E-state index contributed by atoms with van der Waals surface area (Å²) in [6, 6.07) is 0. The summed E-state index contributed by atoms with van der Waals surface area (Å²) in [6.07, 6.45) is 4.16. The number of nitrogens with zero attached hydrogens (tertiary/aromatic N) is 3. The maximum atomic E-state index is 11.5. The van der Waals surface area contributed by atoms with Crippen molar-refractivity contribution in [3.63, 3.8) is 0 Å². The molecule has 6 nitrogen and oxygen atoms in total. The molecule has 0 atom stereocenters. The van der Waals surface area contributed by atoms with Crippen LogP contribution in [0.2, 0.25) is 0 Å². The number of rotatable bonds is 3. The van der Waals surface area contributed by atoms with Crippen LogP contribution in [0.4, 0.5) is 0 Å². The normalized spacial score (nSPS) is 12.1. The number of hydrogen-bond acceptors (Lipinski definition) is 5. The van der Waals surface area contributed by atoms with E-state index in [0.29, 0.717) is 10.2 Å². The van der Waals surface area contributed by atoms with E-state index in [0.717, 1.165) is 17.5 Å². The second-order valence-corrected chi connectivity index (χ2v) is 7.24. The quantitative estimate of drug-likeness (QED) is 0.861. The molecular weight excluding hydrogens is 332 g/mol. The molecule has 0 aromatic carbocycles. The number of sulfone groups is 1. The number of halogens is 1. The van der Waals surface area contributed by atoms with Crippen molar-refractivity contribution >= 4 is 25.8 Å². The van der Waals surface area contributed by atoms with Gasteiger partial charge < -0.3 is 0 Å². The molecular formula is C11H13BrN4O2S. The summed E-state index contributed by atoms with van der Waals surface area (Å²) >= 11 is 3.34. The third-order valence-corrected chi connectivity index (χ3v) is 4.00. The van der Waals surface area contributed by atoms with E-state index in [-0.39, 0.29) is 11.1 Å². The molecule has 19 heavy (non-hydrogen) atoms. The molecule has 0 spiro atoms. The fourth-order valence-electron chi connectivity index (χ4n) is 1.64. The molecule has 2 heterocycles. The average molecular weight is 345 g/mol. The van der Waals surface area contributed by atoms with Crippen LogP contribution in [0.5, 0.6) is 0 Å². The zero-order chi connectivity index (χ0) is 14.2. The highest BCUT2D eigenvalue weighted by atomic mass is 79.9. The molecule has 0 radical (unpaired) electrons. The van der Waals surface area contributed by atoms with Gasteiger partial charge in [0, 0.05) is 23.7 Å². The highest BCUT2D eigenvalue weighted by molar-refractivity contribution is 9.10. The maximum Gasteiger partial charge on any atom is 0.247 e. The van der Waals surface area contributed by atoms with Crippen molar-refractivity contribution in [2.45, 2.75) is 24.9 Å². The molecule has 2 aromatic rings. The van der Waals surface area contributed by atoms with Gasteiger partial charge >= 0.3 is 0 Å². The number of H-pyrrole nitrogens is 1. The summed E-state index contributed by atoms with van der Waals surface area (Å²) in [5.74, 6) is 0.223. The van der Waals surface area contributed by atoms with Crippen molar-refractivity contribution in [2.75, 3.05) is 6.26 Å². The van der Waals surface area contributed by atoms with Crippen LogP contribution in [0, 0.1) is 0 Å². The molecule has 0 aliphatic heterocycles. The SMILES string of the molecule is CC(C)c1[nH]ncc1-c1nc(S(C)(=O)=O)ncc1Br. The Hall–Kier alpha value is -1.28. The van der Waals surface area contributed by atoms with E-state index in [1.54, 1.807) is 6.20 Å². The lowest BCUT2D eigenvalue weighted by atomic mass is 10.0.